The summed E-state index contributed by atoms with van der Waals surface area (Å²) < 4.78 is 0. The summed E-state index contributed by atoms with van der Waals surface area (Å²) in [7, 11) is 1.56. The predicted molar refractivity (Wildman–Crippen MR) is 84.7 cm³/mol. The van der Waals surface area contributed by atoms with Crippen molar-refractivity contribution >= 4 is 38.5 Å². The Labute approximate surface area is 116 Å². The Morgan fingerprint density at radius 3 is 2.20 bits per heavy atom. The van der Waals surface area contributed by atoms with Crippen LogP contribution < -0.4 is 0 Å². The highest BCUT2D eigenvalue weighted by Crippen LogP contribution is 2.35. The van der Waals surface area contributed by atoms with Crippen LogP contribution in [0.1, 0.15) is 5.56 Å². The number of hydrogen-bond donors (Lipinski definition) is 0. The highest BCUT2D eigenvalue weighted by atomic mass is 16.6. The molecule has 0 aliphatic rings. The molecule has 4 aromatic carbocycles. The van der Waals surface area contributed by atoms with Crippen LogP contribution in [0.5, 0.6) is 0 Å². The molecular formula is C18H13NO. The third kappa shape index (κ3) is 1.48. The van der Waals surface area contributed by atoms with Crippen molar-refractivity contribution in [2.45, 2.75) is 0 Å². The standard InChI is InChI=1S/C18H13NO/c1-20-19-11-15-8-7-14-6-5-12-3-2-4-13-9-10-16(15)18(14)17(12)13/h2-11H,1H3/b19-11-. The molecule has 0 atom stereocenters. The van der Waals surface area contributed by atoms with Crippen LogP contribution >= 0.6 is 0 Å². The first kappa shape index (κ1) is 11.2. The fourth-order valence-electron chi connectivity index (χ4n) is 2.98. The van der Waals surface area contributed by atoms with Crippen molar-refractivity contribution in [1.82, 2.24) is 0 Å². The van der Waals surface area contributed by atoms with Gasteiger partial charge in [0.05, 0.1) is 6.21 Å². The van der Waals surface area contributed by atoms with Gasteiger partial charge in [0.1, 0.15) is 7.11 Å². The SMILES string of the molecule is CO/N=C\c1ccc2ccc3cccc4ccc1c2c34. The summed E-state index contributed by atoms with van der Waals surface area (Å²) in [5.41, 5.74) is 1.08. The molecule has 0 saturated carbocycles. The topological polar surface area (TPSA) is 21.6 Å². The maximum atomic E-state index is 4.81. The van der Waals surface area contributed by atoms with Gasteiger partial charge in [-0.05, 0) is 32.3 Å². The zero-order valence-electron chi connectivity index (χ0n) is 11.1. The fraction of sp³-hybridized carbons (Fsp3) is 0.0556. The summed E-state index contributed by atoms with van der Waals surface area (Å²) in [4.78, 5) is 4.81. The smallest absolute Gasteiger partial charge is 0.106 e. The molecule has 0 aliphatic carbocycles. The van der Waals surface area contributed by atoms with Crippen molar-refractivity contribution in [2.24, 2.45) is 5.16 Å². The first-order valence-corrected chi connectivity index (χ1v) is 6.61. The van der Waals surface area contributed by atoms with Gasteiger partial charge in [0.25, 0.3) is 0 Å². The molecule has 0 heterocycles. The molecule has 0 unspecified atom stereocenters. The molecule has 0 aliphatic heterocycles. The molecule has 0 N–H and O–H groups in total. The van der Waals surface area contributed by atoms with Gasteiger partial charge < -0.3 is 4.84 Å². The Morgan fingerprint density at radius 1 is 0.800 bits per heavy atom. The van der Waals surface area contributed by atoms with Crippen molar-refractivity contribution < 1.29 is 4.84 Å². The fourth-order valence-corrected chi connectivity index (χ4v) is 2.98. The van der Waals surface area contributed by atoms with E-state index in [-0.39, 0.29) is 0 Å². The van der Waals surface area contributed by atoms with E-state index in [4.69, 9.17) is 4.84 Å². The molecule has 0 radical (unpaired) electrons. The molecule has 0 amide bonds. The minimum atomic E-state index is 1.08. The number of oxime groups is 1. The maximum absolute atomic E-state index is 4.81. The lowest BCUT2D eigenvalue weighted by molar-refractivity contribution is 0.215. The average Bonchev–Trinajstić information content (AvgIpc) is 2.51. The largest absolute Gasteiger partial charge is 0.399 e. The van der Waals surface area contributed by atoms with E-state index in [1.54, 1.807) is 13.3 Å². The van der Waals surface area contributed by atoms with Crippen LogP contribution in [-0.2, 0) is 4.84 Å². The Kier molecular flexibility index (Phi) is 2.36. The zero-order chi connectivity index (χ0) is 13.5. The number of nitrogens with zero attached hydrogens (tertiary/aromatic N) is 1. The summed E-state index contributed by atoms with van der Waals surface area (Å²) in [6.07, 6.45) is 1.77. The molecule has 4 aromatic rings. The van der Waals surface area contributed by atoms with Crippen LogP contribution in [0.2, 0.25) is 0 Å². The Hall–Kier alpha value is -2.61. The minimum Gasteiger partial charge on any atom is -0.399 e. The Morgan fingerprint density at radius 2 is 1.45 bits per heavy atom. The summed E-state index contributed by atoms with van der Waals surface area (Å²) >= 11 is 0. The monoisotopic (exact) mass is 259 g/mol. The quantitative estimate of drug-likeness (QED) is 0.294. The molecule has 0 fully saturated rings. The van der Waals surface area contributed by atoms with Crippen LogP contribution in [0.15, 0.2) is 59.8 Å². The molecule has 4 rings (SSSR count). The zero-order valence-corrected chi connectivity index (χ0v) is 11.1. The summed E-state index contributed by atoms with van der Waals surface area (Å²) in [5.74, 6) is 0. The lowest BCUT2D eigenvalue weighted by atomic mass is 9.92. The summed E-state index contributed by atoms with van der Waals surface area (Å²) in [5, 5.41) is 11.6. The first-order chi connectivity index (χ1) is 9.88. The lowest BCUT2D eigenvalue weighted by Crippen LogP contribution is -1.89. The van der Waals surface area contributed by atoms with Crippen molar-refractivity contribution in [1.29, 1.82) is 0 Å². The first-order valence-electron chi connectivity index (χ1n) is 6.61. The van der Waals surface area contributed by atoms with Crippen molar-refractivity contribution in [3.8, 4) is 0 Å². The van der Waals surface area contributed by atoms with E-state index in [2.05, 4.69) is 59.8 Å². The molecule has 0 aromatic heterocycles. The van der Waals surface area contributed by atoms with E-state index in [1.807, 2.05) is 0 Å². The van der Waals surface area contributed by atoms with Crippen molar-refractivity contribution in [3.63, 3.8) is 0 Å². The third-order valence-electron chi connectivity index (χ3n) is 3.86. The van der Waals surface area contributed by atoms with Crippen LogP contribution in [0.4, 0.5) is 0 Å². The molecule has 2 heteroatoms. The van der Waals surface area contributed by atoms with E-state index in [9.17, 15) is 0 Å². The van der Waals surface area contributed by atoms with Gasteiger partial charge in [-0.15, -0.1) is 0 Å². The summed E-state index contributed by atoms with van der Waals surface area (Å²) in [6, 6.07) is 19.4. The third-order valence-corrected chi connectivity index (χ3v) is 3.86. The van der Waals surface area contributed by atoms with E-state index >= 15 is 0 Å². The van der Waals surface area contributed by atoms with Crippen LogP contribution in [0.3, 0.4) is 0 Å². The van der Waals surface area contributed by atoms with Gasteiger partial charge in [-0.2, -0.15) is 0 Å². The van der Waals surface area contributed by atoms with Crippen molar-refractivity contribution in [3.05, 3.63) is 60.2 Å². The van der Waals surface area contributed by atoms with Crippen LogP contribution in [0, 0.1) is 0 Å². The second kappa shape index (κ2) is 4.20. The predicted octanol–water partition coefficient (Wildman–Crippen LogP) is 4.56. The number of rotatable bonds is 2. The van der Waals surface area contributed by atoms with Gasteiger partial charge in [0, 0.05) is 5.56 Å². The van der Waals surface area contributed by atoms with Gasteiger partial charge in [-0.3, -0.25) is 0 Å². The van der Waals surface area contributed by atoms with Gasteiger partial charge in [-0.1, -0.05) is 59.8 Å². The number of hydrogen-bond acceptors (Lipinski definition) is 2. The summed E-state index contributed by atoms with van der Waals surface area (Å²) in [6.45, 7) is 0. The van der Waals surface area contributed by atoms with Crippen LogP contribution in [0.25, 0.3) is 32.3 Å². The van der Waals surface area contributed by atoms with E-state index in [0.717, 1.165) is 5.56 Å². The van der Waals surface area contributed by atoms with Crippen LogP contribution in [-0.4, -0.2) is 13.3 Å². The van der Waals surface area contributed by atoms with E-state index in [1.165, 1.54) is 32.3 Å². The van der Waals surface area contributed by atoms with E-state index in [0.29, 0.717) is 0 Å². The molecule has 0 saturated heterocycles. The second-order valence-electron chi connectivity index (χ2n) is 4.93. The van der Waals surface area contributed by atoms with Gasteiger partial charge >= 0.3 is 0 Å². The molecule has 20 heavy (non-hydrogen) atoms. The minimum absolute atomic E-state index is 1.08. The second-order valence-corrected chi connectivity index (χ2v) is 4.93. The Balaban J connectivity index is 2.23. The molecule has 2 nitrogen and oxygen atoms in total. The molecule has 96 valence electrons. The maximum Gasteiger partial charge on any atom is 0.106 e. The van der Waals surface area contributed by atoms with Gasteiger partial charge in [0.2, 0.25) is 0 Å². The lowest BCUT2D eigenvalue weighted by Gasteiger charge is -2.11. The number of benzene rings is 4. The average molecular weight is 259 g/mol. The van der Waals surface area contributed by atoms with Gasteiger partial charge in [0.15, 0.2) is 0 Å². The molecular weight excluding hydrogens is 246 g/mol. The highest BCUT2D eigenvalue weighted by molar-refractivity contribution is 6.25. The molecule has 0 bridgehead atoms. The van der Waals surface area contributed by atoms with Gasteiger partial charge in [-0.25, -0.2) is 0 Å². The normalized spacial score (nSPS) is 12.1. The van der Waals surface area contributed by atoms with E-state index < -0.39 is 0 Å². The Bertz CT molecular complexity index is 924. The van der Waals surface area contributed by atoms with Crippen molar-refractivity contribution in [2.75, 3.05) is 7.11 Å². The highest BCUT2D eigenvalue weighted by Gasteiger charge is 2.09. The molecule has 0 spiro atoms.